The molecule has 0 aliphatic carbocycles. The van der Waals surface area contributed by atoms with Crippen molar-refractivity contribution in [1.82, 2.24) is 0 Å². The normalized spacial score (nSPS) is 10.7. The molecule has 0 N–H and O–H groups in total. The first-order chi connectivity index (χ1) is 8.52. The third-order valence-corrected chi connectivity index (χ3v) is 3.50. The van der Waals surface area contributed by atoms with Crippen LogP contribution in [-0.2, 0) is 6.42 Å². The molecule has 0 bridgehead atoms. The number of ether oxygens (including phenoxy) is 1. The molecular weight excluding hydrogens is 244 g/mol. The van der Waals surface area contributed by atoms with Crippen molar-refractivity contribution >= 4 is 22.4 Å². The minimum atomic E-state index is 0.667. The summed E-state index contributed by atoms with van der Waals surface area (Å²) in [4.78, 5) is 0. The van der Waals surface area contributed by atoms with Gasteiger partial charge < -0.3 is 4.74 Å². The summed E-state index contributed by atoms with van der Waals surface area (Å²) in [6.07, 6.45) is 0.706. The minimum absolute atomic E-state index is 0.667. The van der Waals surface area contributed by atoms with Gasteiger partial charge in [-0.25, -0.2) is 0 Å². The maximum absolute atomic E-state index is 5.98. The van der Waals surface area contributed by atoms with Gasteiger partial charge in [-0.1, -0.05) is 30.3 Å². The number of benzene rings is 2. The fourth-order valence-electron chi connectivity index (χ4n) is 2.26. The molecule has 0 radical (unpaired) electrons. The SMILES string of the molecule is C=C(Cl)Cc1c(C)c(C)cc2cc(OC)ccc12. The molecule has 0 saturated heterocycles. The molecule has 94 valence electrons. The van der Waals surface area contributed by atoms with Crippen molar-refractivity contribution < 1.29 is 4.74 Å². The molecule has 1 nitrogen and oxygen atoms in total. The monoisotopic (exact) mass is 260 g/mol. The molecule has 0 spiro atoms. The van der Waals surface area contributed by atoms with E-state index >= 15 is 0 Å². The average molecular weight is 261 g/mol. The van der Waals surface area contributed by atoms with Crippen LogP contribution in [0.3, 0.4) is 0 Å². The Balaban J connectivity index is 2.73. The number of hydrogen-bond donors (Lipinski definition) is 0. The van der Waals surface area contributed by atoms with Crippen LogP contribution in [0.1, 0.15) is 16.7 Å². The first-order valence-corrected chi connectivity index (χ1v) is 6.31. The molecule has 0 heterocycles. The zero-order chi connectivity index (χ0) is 13.3. The number of fused-ring (bicyclic) bond motifs is 1. The van der Waals surface area contributed by atoms with E-state index in [1.165, 1.54) is 27.5 Å². The quantitative estimate of drug-likeness (QED) is 0.773. The van der Waals surface area contributed by atoms with Crippen LogP contribution in [0, 0.1) is 13.8 Å². The van der Waals surface area contributed by atoms with Gasteiger partial charge in [0, 0.05) is 11.5 Å². The van der Waals surface area contributed by atoms with Gasteiger partial charge in [-0.3, -0.25) is 0 Å². The Labute approximate surface area is 113 Å². The molecule has 18 heavy (non-hydrogen) atoms. The van der Waals surface area contributed by atoms with Crippen LogP contribution in [0.15, 0.2) is 35.9 Å². The zero-order valence-corrected chi connectivity index (χ0v) is 11.8. The van der Waals surface area contributed by atoms with Crippen LogP contribution in [0.25, 0.3) is 10.8 Å². The molecule has 0 fully saturated rings. The Morgan fingerprint density at radius 2 is 2.00 bits per heavy atom. The van der Waals surface area contributed by atoms with E-state index in [-0.39, 0.29) is 0 Å². The summed E-state index contributed by atoms with van der Waals surface area (Å²) in [5.74, 6) is 0.876. The van der Waals surface area contributed by atoms with Gasteiger partial charge in [-0.2, -0.15) is 0 Å². The Kier molecular flexibility index (Phi) is 3.63. The Morgan fingerprint density at radius 3 is 2.61 bits per heavy atom. The summed E-state index contributed by atoms with van der Waals surface area (Å²) < 4.78 is 5.27. The van der Waals surface area contributed by atoms with Crippen molar-refractivity contribution in [3.8, 4) is 5.75 Å². The van der Waals surface area contributed by atoms with Crippen molar-refractivity contribution in [1.29, 1.82) is 0 Å². The van der Waals surface area contributed by atoms with Crippen molar-refractivity contribution in [3.05, 3.63) is 52.6 Å². The topological polar surface area (TPSA) is 9.23 Å². The van der Waals surface area contributed by atoms with E-state index in [9.17, 15) is 0 Å². The number of rotatable bonds is 3. The van der Waals surface area contributed by atoms with Gasteiger partial charge in [0.15, 0.2) is 0 Å². The number of methoxy groups -OCH3 is 1. The number of hydrogen-bond acceptors (Lipinski definition) is 1. The lowest BCUT2D eigenvalue weighted by Crippen LogP contribution is -1.95. The molecular formula is C16H17ClO. The summed E-state index contributed by atoms with van der Waals surface area (Å²) in [5, 5.41) is 3.08. The Hall–Kier alpha value is -1.47. The summed E-state index contributed by atoms with van der Waals surface area (Å²) >= 11 is 5.98. The summed E-state index contributed by atoms with van der Waals surface area (Å²) in [6, 6.07) is 8.32. The fourth-order valence-corrected chi connectivity index (χ4v) is 2.40. The van der Waals surface area contributed by atoms with E-state index in [1.807, 2.05) is 6.07 Å². The summed E-state index contributed by atoms with van der Waals surface area (Å²) in [5.41, 5.74) is 3.81. The maximum atomic E-state index is 5.98. The number of allylic oxidation sites excluding steroid dienone is 1. The summed E-state index contributed by atoms with van der Waals surface area (Å²) in [6.45, 7) is 8.06. The molecule has 0 aromatic heterocycles. The maximum Gasteiger partial charge on any atom is 0.119 e. The van der Waals surface area contributed by atoms with E-state index in [0.717, 1.165) is 5.75 Å². The Morgan fingerprint density at radius 1 is 1.28 bits per heavy atom. The molecule has 0 saturated carbocycles. The van der Waals surface area contributed by atoms with Crippen molar-refractivity contribution in [2.45, 2.75) is 20.3 Å². The molecule has 0 unspecified atom stereocenters. The van der Waals surface area contributed by atoms with Crippen LogP contribution in [0.4, 0.5) is 0 Å². The van der Waals surface area contributed by atoms with Crippen LogP contribution >= 0.6 is 11.6 Å². The first-order valence-electron chi connectivity index (χ1n) is 5.93. The molecule has 2 heteroatoms. The van der Waals surface area contributed by atoms with Crippen LogP contribution < -0.4 is 4.74 Å². The van der Waals surface area contributed by atoms with Gasteiger partial charge in [0.1, 0.15) is 5.75 Å². The molecule has 0 aliphatic rings. The van der Waals surface area contributed by atoms with Crippen molar-refractivity contribution in [3.63, 3.8) is 0 Å². The highest BCUT2D eigenvalue weighted by Crippen LogP contribution is 2.30. The lowest BCUT2D eigenvalue weighted by Gasteiger charge is -2.13. The fraction of sp³-hybridized carbons (Fsp3) is 0.250. The molecule has 0 aliphatic heterocycles. The van der Waals surface area contributed by atoms with Gasteiger partial charge >= 0.3 is 0 Å². The predicted octanol–water partition coefficient (Wildman–Crippen LogP) is 4.76. The molecule has 0 atom stereocenters. The van der Waals surface area contributed by atoms with Crippen LogP contribution in [0.5, 0.6) is 5.75 Å². The van der Waals surface area contributed by atoms with Gasteiger partial charge in [0.25, 0.3) is 0 Å². The van der Waals surface area contributed by atoms with E-state index in [0.29, 0.717) is 11.5 Å². The third kappa shape index (κ3) is 2.37. The second-order valence-electron chi connectivity index (χ2n) is 4.58. The summed E-state index contributed by atoms with van der Waals surface area (Å²) in [7, 11) is 1.68. The van der Waals surface area contributed by atoms with Gasteiger partial charge in [-0.15, -0.1) is 0 Å². The standard InChI is InChI=1S/C16H17ClO/c1-10-7-13-9-14(18-4)5-6-15(13)16(12(10)3)8-11(2)17/h5-7,9H,2,8H2,1,3-4H3. The highest BCUT2D eigenvalue weighted by molar-refractivity contribution is 6.29. The van der Waals surface area contributed by atoms with E-state index in [4.69, 9.17) is 16.3 Å². The largest absolute Gasteiger partial charge is 0.497 e. The first kappa shape index (κ1) is 13.0. The molecule has 2 rings (SSSR count). The molecule has 2 aromatic rings. The second kappa shape index (κ2) is 5.03. The van der Waals surface area contributed by atoms with E-state index in [2.05, 4.69) is 38.6 Å². The van der Waals surface area contributed by atoms with Gasteiger partial charge in [-0.05, 0) is 53.4 Å². The zero-order valence-electron chi connectivity index (χ0n) is 11.0. The number of halogens is 1. The number of aryl methyl sites for hydroxylation is 1. The van der Waals surface area contributed by atoms with Crippen LogP contribution in [0.2, 0.25) is 0 Å². The molecule has 2 aromatic carbocycles. The lowest BCUT2D eigenvalue weighted by atomic mass is 9.93. The smallest absolute Gasteiger partial charge is 0.119 e. The average Bonchev–Trinajstić information content (AvgIpc) is 2.33. The van der Waals surface area contributed by atoms with E-state index in [1.54, 1.807) is 7.11 Å². The highest BCUT2D eigenvalue weighted by Gasteiger charge is 2.09. The second-order valence-corrected chi connectivity index (χ2v) is 5.11. The van der Waals surface area contributed by atoms with E-state index < -0.39 is 0 Å². The predicted molar refractivity (Wildman–Crippen MR) is 78.7 cm³/mol. The third-order valence-electron chi connectivity index (χ3n) is 3.37. The lowest BCUT2D eigenvalue weighted by molar-refractivity contribution is 0.415. The minimum Gasteiger partial charge on any atom is -0.497 e. The van der Waals surface area contributed by atoms with Gasteiger partial charge in [0.2, 0.25) is 0 Å². The van der Waals surface area contributed by atoms with Crippen molar-refractivity contribution in [2.24, 2.45) is 0 Å². The highest BCUT2D eigenvalue weighted by atomic mass is 35.5. The van der Waals surface area contributed by atoms with Crippen LogP contribution in [-0.4, -0.2) is 7.11 Å². The Bertz CT molecular complexity index is 614. The van der Waals surface area contributed by atoms with Gasteiger partial charge in [0.05, 0.1) is 7.11 Å². The molecule has 0 amide bonds. The van der Waals surface area contributed by atoms with Crippen molar-refractivity contribution in [2.75, 3.05) is 7.11 Å².